The monoisotopic (exact) mass is 479 g/mol. The van der Waals surface area contributed by atoms with Gasteiger partial charge in [0.15, 0.2) is 9.84 Å². The van der Waals surface area contributed by atoms with Gasteiger partial charge in [0.25, 0.3) is 5.56 Å². The second kappa shape index (κ2) is 9.27. The van der Waals surface area contributed by atoms with Crippen LogP contribution >= 0.6 is 11.6 Å². The first-order valence-corrected chi connectivity index (χ1v) is 11.8. The number of aromatic nitrogens is 2. The van der Waals surface area contributed by atoms with E-state index in [1.54, 1.807) is 24.3 Å². The molecule has 32 heavy (non-hydrogen) atoms. The van der Waals surface area contributed by atoms with Crippen molar-refractivity contribution in [1.29, 1.82) is 0 Å². The summed E-state index contributed by atoms with van der Waals surface area (Å²) in [6.45, 7) is 0.331. The molecule has 0 spiro atoms. The summed E-state index contributed by atoms with van der Waals surface area (Å²) in [5, 5.41) is 6.18. The molecule has 11 heteroatoms. The Labute approximate surface area is 188 Å². The first-order valence-electron chi connectivity index (χ1n) is 9.68. The Balaban J connectivity index is 1.48. The third-order valence-corrected chi connectivity index (χ3v) is 7.31. The van der Waals surface area contributed by atoms with E-state index < -0.39 is 20.6 Å². The lowest BCUT2D eigenvalue weighted by Gasteiger charge is -2.23. The van der Waals surface area contributed by atoms with Crippen molar-refractivity contribution in [1.82, 2.24) is 9.78 Å². The van der Waals surface area contributed by atoms with Crippen molar-refractivity contribution in [3.8, 4) is 17.2 Å². The van der Waals surface area contributed by atoms with Gasteiger partial charge in [-0.15, -0.1) is 0 Å². The van der Waals surface area contributed by atoms with Gasteiger partial charge in [0.05, 0.1) is 36.5 Å². The van der Waals surface area contributed by atoms with Crippen LogP contribution in [-0.2, 0) is 14.6 Å². The number of sulfone groups is 1. The van der Waals surface area contributed by atoms with Gasteiger partial charge in [-0.1, -0.05) is 11.6 Å². The van der Waals surface area contributed by atoms with Crippen LogP contribution in [0, 0.1) is 5.82 Å². The minimum absolute atomic E-state index is 0.0339. The Kier molecular flexibility index (Phi) is 6.45. The maximum atomic E-state index is 13.0. The normalized spacial score (nSPS) is 17.6. The van der Waals surface area contributed by atoms with E-state index in [0.717, 1.165) is 4.68 Å². The highest BCUT2D eigenvalue weighted by Gasteiger charge is 2.29. The summed E-state index contributed by atoms with van der Waals surface area (Å²) in [5.41, 5.74) is 0.134. The van der Waals surface area contributed by atoms with Crippen LogP contribution in [0.4, 0.5) is 10.1 Å². The lowest BCUT2D eigenvalue weighted by Crippen LogP contribution is -2.40. The average Bonchev–Trinajstić information content (AvgIpc) is 2.78. The van der Waals surface area contributed by atoms with Crippen LogP contribution < -0.4 is 15.6 Å². The van der Waals surface area contributed by atoms with Gasteiger partial charge >= 0.3 is 0 Å². The maximum Gasteiger partial charge on any atom is 0.292 e. The number of hydrogen-bond acceptors (Lipinski definition) is 7. The molecule has 1 fully saturated rings. The maximum absolute atomic E-state index is 13.0. The Morgan fingerprint density at radius 3 is 2.47 bits per heavy atom. The molecule has 2 heterocycles. The molecular weight excluding hydrogens is 461 g/mol. The lowest BCUT2D eigenvalue weighted by molar-refractivity contribution is 0.140. The highest BCUT2D eigenvalue weighted by molar-refractivity contribution is 7.92. The summed E-state index contributed by atoms with van der Waals surface area (Å²) in [5.74, 6) is 0.571. The zero-order valence-electron chi connectivity index (χ0n) is 16.7. The minimum Gasteiger partial charge on any atom is -0.457 e. The van der Waals surface area contributed by atoms with E-state index in [1.807, 2.05) is 0 Å². The van der Waals surface area contributed by atoms with Crippen LogP contribution in [0.3, 0.4) is 0 Å². The van der Waals surface area contributed by atoms with Crippen LogP contribution in [0.15, 0.2) is 59.5 Å². The molecule has 2 aromatic carbocycles. The van der Waals surface area contributed by atoms with Crippen molar-refractivity contribution >= 4 is 27.1 Å². The van der Waals surface area contributed by atoms with Crippen molar-refractivity contribution in [2.45, 2.75) is 5.25 Å². The highest BCUT2D eigenvalue weighted by Crippen LogP contribution is 2.23. The second-order valence-corrected chi connectivity index (χ2v) is 9.86. The first-order chi connectivity index (χ1) is 15.3. The number of nitrogens with one attached hydrogen (secondary N) is 1. The zero-order chi connectivity index (χ0) is 22.7. The van der Waals surface area contributed by atoms with E-state index in [-0.39, 0.29) is 42.0 Å². The molecule has 1 atom stereocenters. The van der Waals surface area contributed by atoms with E-state index >= 15 is 0 Å². The summed E-state index contributed by atoms with van der Waals surface area (Å²) >= 11 is 6.22. The fraction of sp³-hybridized carbons (Fsp3) is 0.238. The van der Waals surface area contributed by atoms with Gasteiger partial charge in [-0.2, -0.15) is 9.78 Å². The van der Waals surface area contributed by atoms with Crippen molar-refractivity contribution in [3.05, 3.63) is 75.9 Å². The van der Waals surface area contributed by atoms with Gasteiger partial charge in [0, 0.05) is 6.54 Å². The van der Waals surface area contributed by atoms with Crippen molar-refractivity contribution in [2.75, 3.05) is 30.8 Å². The van der Waals surface area contributed by atoms with E-state index in [9.17, 15) is 17.6 Å². The molecule has 8 nitrogen and oxygen atoms in total. The lowest BCUT2D eigenvalue weighted by atomic mass is 10.3. The molecule has 0 bridgehead atoms. The Morgan fingerprint density at radius 2 is 1.81 bits per heavy atom. The topological polar surface area (TPSA) is 99.5 Å². The molecule has 1 saturated heterocycles. The third kappa shape index (κ3) is 4.93. The molecule has 0 radical (unpaired) electrons. The summed E-state index contributed by atoms with van der Waals surface area (Å²) < 4.78 is 49.2. The summed E-state index contributed by atoms with van der Waals surface area (Å²) in [4.78, 5) is 12.7. The van der Waals surface area contributed by atoms with Crippen LogP contribution in [0.25, 0.3) is 5.69 Å². The summed E-state index contributed by atoms with van der Waals surface area (Å²) in [6.07, 6.45) is 1.36. The fourth-order valence-corrected chi connectivity index (χ4v) is 4.62. The first kappa shape index (κ1) is 22.3. The zero-order valence-corrected chi connectivity index (χ0v) is 18.3. The number of rotatable bonds is 6. The fourth-order valence-electron chi connectivity index (χ4n) is 3.10. The minimum atomic E-state index is -3.26. The standard InChI is InChI=1S/C21H19ClFN3O5S/c22-20-19(24-11-18-13-30-9-10-32(18,28)29)12-25-26(21(20)27)15-3-7-17(8-4-15)31-16-5-1-14(23)2-6-16/h1-8,12,18,24H,9-11,13H2/t18-/m1/s1. The number of halogens is 2. The van der Waals surface area contributed by atoms with E-state index in [4.69, 9.17) is 21.1 Å². The largest absolute Gasteiger partial charge is 0.457 e. The summed E-state index contributed by atoms with van der Waals surface area (Å²) in [6, 6.07) is 12.1. The highest BCUT2D eigenvalue weighted by atomic mass is 35.5. The van der Waals surface area contributed by atoms with Gasteiger partial charge in [0.1, 0.15) is 27.6 Å². The smallest absolute Gasteiger partial charge is 0.292 e. The molecule has 1 N–H and O–H groups in total. The number of anilines is 1. The van der Waals surface area contributed by atoms with Crippen LogP contribution in [0.1, 0.15) is 0 Å². The van der Waals surface area contributed by atoms with Crippen LogP contribution in [0.5, 0.6) is 11.5 Å². The average molecular weight is 480 g/mol. The molecule has 0 amide bonds. The molecule has 0 aliphatic carbocycles. The number of benzene rings is 2. The molecule has 1 aliphatic heterocycles. The predicted octanol–water partition coefficient (Wildman–Crippen LogP) is 3.04. The van der Waals surface area contributed by atoms with Crippen molar-refractivity contribution in [2.24, 2.45) is 0 Å². The molecule has 0 unspecified atom stereocenters. The van der Waals surface area contributed by atoms with Gasteiger partial charge in [-0.25, -0.2) is 12.8 Å². The predicted molar refractivity (Wildman–Crippen MR) is 118 cm³/mol. The third-order valence-electron chi connectivity index (χ3n) is 4.89. The molecule has 3 aromatic rings. The number of ether oxygens (including phenoxy) is 2. The molecule has 0 saturated carbocycles. The van der Waals surface area contributed by atoms with E-state index in [2.05, 4.69) is 10.4 Å². The van der Waals surface area contributed by atoms with Gasteiger partial charge < -0.3 is 14.8 Å². The van der Waals surface area contributed by atoms with Gasteiger partial charge in [-0.3, -0.25) is 4.79 Å². The van der Waals surface area contributed by atoms with Crippen molar-refractivity contribution in [3.63, 3.8) is 0 Å². The van der Waals surface area contributed by atoms with E-state index in [1.165, 1.54) is 30.5 Å². The van der Waals surface area contributed by atoms with Gasteiger partial charge in [-0.05, 0) is 48.5 Å². The van der Waals surface area contributed by atoms with E-state index in [0.29, 0.717) is 17.2 Å². The quantitative estimate of drug-likeness (QED) is 0.580. The number of nitrogens with zero attached hydrogens (tertiary/aromatic N) is 2. The Hall–Kier alpha value is -2.95. The van der Waals surface area contributed by atoms with Crippen LogP contribution in [-0.4, -0.2) is 49.0 Å². The Morgan fingerprint density at radius 1 is 1.16 bits per heavy atom. The molecule has 1 aliphatic rings. The Bertz CT molecular complexity index is 1260. The summed E-state index contributed by atoms with van der Waals surface area (Å²) in [7, 11) is -3.26. The van der Waals surface area contributed by atoms with Gasteiger partial charge in [0.2, 0.25) is 0 Å². The molecule has 168 valence electrons. The molecule has 1 aromatic heterocycles. The van der Waals surface area contributed by atoms with Crippen LogP contribution in [0.2, 0.25) is 5.02 Å². The number of hydrogen-bond donors (Lipinski definition) is 1. The molecular formula is C21H19ClFN3O5S. The molecule has 4 rings (SSSR count). The SMILES string of the molecule is O=c1c(Cl)c(NC[C@@H]2COCCS2(=O)=O)cnn1-c1ccc(Oc2ccc(F)cc2)cc1. The second-order valence-electron chi connectivity index (χ2n) is 7.08. The van der Waals surface area contributed by atoms with Crippen molar-refractivity contribution < 1.29 is 22.3 Å².